The number of amides is 3. The fraction of sp³-hybridized carbons (Fsp3) is 0.200. The summed E-state index contributed by atoms with van der Waals surface area (Å²) in [7, 11) is 0. The lowest BCUT2D eigenvalue weighted by Gasteiger charge is -2.14. The molecule has 1 aliphatic heterocycles. The maximum Gasteiger partial charge on any atom is 0.428 e. The molecule has 8 heteroatoms. The average molecular weight is 290 g/mol. The van der Waals surface area contributed by atoms with Gasteiger partial charge in [-0.2, -0.15) is 0 Å². The van der Waals surface area contributed by atoms with Gasteiger partial charge in [-0.1, -0.05) is 23.2 Å². The van der Waals surface area contributed by atoms with Crippen molar-refractivity contribution in [2.75, 3.05) is 18.5 Å². The Bertz CT molecular complexity index is 495. The van der Waals surface area contributed by atoms with Crippen LogP contribution in [0.25, 0.3) is 0 Å². The van der Waals surface area contributed by atoms with Crippen LogP contribution in [-0.4, -0.2) is 30.3 Å². The molecule has 6 nitrogen and oxygen atoms in total. The molecule has 1 aromatic carbocycles. The van der Waals surface area contributed by atoms with Gasteiger partial charge < -0.3 is 10.1 Å². The molecule has 0 unspecified atom stereocenters. The van der Waals surface area contributed by atoms with Gasteiger partial charge in [0.15, 0.2) is 0 Å². The summed E-state index contributed by atoms with van der Waals surface area (Å²) in [5, 5.41) is 4.31. The van der Waals surface area contributed by atoms with E-state index < -0.39 is 12.1 Å². The van der Waals surface area contributed by atoms with Crippen LogP contribution in [0.5, 0.6) is 0 Å². The zero-order valence-electron chi connectivity index (χ0n) is 9.07. The Kier molecular flexibility index (Phi) is 3.78. The molecule has 1 aliphatic rings. The minimum atomic E-state index is -0.584. The number of benzene rings is 1. The van der Waals surface area contributed by atoms with Gasteiger partial charge >= 0.3 is 12.1 Å². The Morgan fingerprint density at radius 2 is 2.11 bits per heavy atom. The van der Waals surface area contributed by atoms with E-state index in [1.165, 1.54) is 6.07 Å². The fourth-order valence-corrected chi connectivity index (χ4v) is 1.65. The molecule has 0 bridgehead atoms. The van der Waals surface area contributed by atoms with E-state index in [0.29, 0.717) is 22.3 Å². The first kappa shape index (κ1) is 12.8. The third-order valence-electron chi connectivity index (χ3n) is 2.17. The highest BCUT2D eigenvalue weighted by molar-refractivity contribution is 6.42. The van der Waals surface area contributed by atoms with Crippen LogP contribution in [0.1, 0.15) is 0 Å². The predicted molar refractivity (Wildman–Crippen MR) is 66.7 cm³/mol. The molecule has 0 saturated carbocycles. The molecule has 3 amide bonds. The topological polar surface area (TPSA) is 70.7 Å². The zero-order chi connectivity index (χ0) is 13.1. The van der Waals surface area contributed by atoms with Gasteiger partial charge in [-0.3, -0.25) is 0 Å². The van der Waals surface area contributed by atoms with Crippen LogP contribution in [-0.2, 0) is 4.74 Å². The Balaban J connectivity index is 1.94. The summed E-state index contributed by atoms with van der Waals surface area (Å²) in [6, 6.07) is 4.10. The number of hydrogen-bond acceptors (Lipinski definition) is 3. The number of nitrogens with zero attached hydrogens (tertiary/aromatic N) is 1. The molecular formula is C10H9Cl2N3O3. The highest BCUT2D eigenvalue weighted by Crippen LogP contribution is 2.24. The summed E-state index contributed by atoms with van der Waals surface area (Å²) in [6.07, 6.45) is -0.584. The number of carbonyl (C=O) groups is 2. The van der Waals surface area contributed by atoms with Crippen molar-refractivity contribution >= 4 is 41.0 Å². The lowest BCUT2D eigenvalue weighted by Crippen LogP contribution is -2.44. The van der Waals surface area contributed by atoms with E-state index in [0.717, 1.165) is 5.01 Å². The van der Waals surface area contributed by atoms with Crippen molar-refractivity contribution in [3.63, 3.8) is 0 Å². The van der Waals surface area contributed by atoms with Crippen molar-refractivity contribution in [3.05, 3.63) is 28.2 Å². The van der Waals surface area contributed by atoms with E-state index in [1.807, 2.05) is 0 Å². The smallest absolute Gasteiger partial charge is 0.428 e. The van der Waals surface area contributed by atoms with Crippen LogP contribution in [0, 0.1) is 0 Å². The van der Waals surface area contributed by atoms with Crippen molar-refractivity contribution in [2.45, 2.75) is 0 Å². The third-order valence-corrected chi connectivity index (χ3v) is 2.91. The number of hydrazine groups is 1. The minimum Gasteiger partial charge on any atom is -0.446 e. The molecule has 0 aliphatic carbocycles. The standard InChI is InChI=1S/C10H9Cl2N3O3/c11-7-2-1-6(5-8(7)12)13-9(16)14-15-3-4-18-10(15)17/h1-2,5H,3-4H2,(H2,13,14,16). The second kappa shape index (κ2) is 5.32. The van der Waals surface area contributed by atoms with Crippen LogP contribution < -0.4 is 10.7 Å². The lowest BCUT2D eigenvalue weighted by molar-refractivity contribution is 0.147. The largest absolute Gasteiger partial charge is 0.446 e. The predicted octanol–water partition coefficient (Wildman–Crippen LogP) is 2.48. The molecule has 96 valence electrons. The Labute approximate surface area is 113 Å². The SMILES string of the molecule is O=C(Nc1ccc(Cl)c(Cl)c1)NN1CCOC1=O. The van der Waals surface area contributed by atoms with Gasteiger partial charge in [0.25, 0.3) is 0 Å². The van der Waals surface area contributed by atoms with Crippen LogP contribution in [0.2, 0.25) is 10.0 Å². The van der Waals surface area contributed by atoms with E-state index >= 15 is 0 Å². The van der Waals surface area contributed by atoms with Crippen molar-refractivity contribution in [2.24, 2.45) is 0 Å². The van der Waals surface area contributed by atoms with Crippen LogP contribution in [0.15, 0.2) is 18.2 Å². The monoisotopic (exact) mass is 289 g/mol. The Morgan fingerprint density at radius 1 is 1.33 bits per heavy atom. The first-order valence-corrected chi connectivity index (χ1v) is 5.79. The molecular weight excluding hydrogens is 281 g/mol. The third kappa shape index (κ3) is 2.96. The summed E-state index contributed by atoms with van der Waals surface area (Å²) in [4.78, 5) is 22.6. The van der Waals surface area contributed by atoms with Gasteiger partial charge in [0.1, 0.15) is 6.61 Å². The summed E-state index contributed by atoms with van der Waals surface area (Å²) >= 11 is 11.5. The first-order chi connectivity index (χ1) is 8.56. The van der Waals surface area contributed by atoms with Gasteiger partial charge in [0, 0.05) is 5.69 Å². The number of rotatable bonds is 2. The second-order valence-electron chi connectivity index (χ2n) is 3.46. The van der Waals surface area contributed by atoms with Crippen molar-refractivity contribution in [1.29, 1.82) is 0 Å². The van der Waals surface area contributed by atoms with E-state index in [1.54, 1.807) is 12.1 Å². The maximum atomic E-state index is 11.6. The number of hydrogen-bond donors (Lipinski definition) is 2. The summed E-state index contributed by atoms with van der Waals surface area (Å²) in [5.41, 5.74) is 2.81. The number of nitrogens with one attached hydrogen (secondary N) is 2. The number of urea groups is 1. The molecule has 0 atom stereocenters. The summed E-state index contributed by atoms with van der Waals surface area (Å²) in [5.74, 6) is 0. The van der Waals surface area contributed by atoms with Gasteiger partial charge in [-0.25, -0.2) is 20.0 Å². The molecule has 0 spiro atoms. The van der Waals surface area contributed by atoms with Gasteiger partial charge in [0.2, 0.25) is 0 Å². The Hall–Kier alpha value is -1.66. The van der Waals surface area contributed by atoms with Crippen molar-refractivity contribution < 1.29 is 14.3 Å². The average Bonchev–Trinajstić information content (AvgIpc) is 2.70. The first-order valence-electron chi connectivity index (χ1n) is 5.03. The number of halogens is 2. The highest BCUT2D eigenvalue weighted by atomic mass is 35.5. The van der Waals surface area contributed by atoms with E-state index in [2.05, 4.69) is 15.5 Å². The maximum absolute atomic E-state index is 11.6. The Morgan fingerprint density at radius 3 is 2.72 bits per heavy atom. The molecule has 1 heterocycles. The second-order valence-corrected chi connectivity index (χ2v) is 4.28. The molecule has 1 fully saturated rings. The van der Waals surface area contributed by atoms with E-state index in [4.69, 9.17) is 23.2 Å². The van der Waals surface area contributed by atoms with Crippen molar-refractivity contribution in [1.82, 2.24) is 10.4 Å². The van der Waals surface area contributed by atoms with E-state index in [-0.39, 0.29) is 6.61 Å². The minimum absolute atomic E-state index is 0.256. The molecule has 2 rings (SSSR count). The summed E-state index contributed by atoms with van der Waals surface area (Å²) < 4.78 is 4.66. The summed E-state index contributed by atoms with van der Waals surface area (Å²) in [6.45, 7) is 0.569. The number of ether oxygens (including phenoxy) is 1. The van der Waals surface area contributed by atoms with Gasteiger partial charge in [0.05, 0.1) is 16.6 Å². The highest BCUT2D eigenvalue weighted by Gasteiger charge is 2.23. The molecule has 2 N–H and O–H groups in total. The molecule has 1 aromatic rings. The van der Waals surface area contributed by atoms with Crippen LogP contribution in [0.4, 0.5) is 15.3 Å². The quantitative estimate of drug-likeness (QED) is 0.879. The number of carbonyl (C=O) groups excluding carboxylic acids is 2. The van der Waals surface area contributed by atoms with Gasteiger partial charge in [-0.05, 0) is 18.2 Å². The molecule has 0 aromatic heterocycles. The van der Waals surface area contributed by atoms with Crippen LogP contribution >= 0.6 is 23.2 Å². The molecule has 1 saturated heterocycles. The normalized spacial score (nSPS) is 14.3. The fourth-order valence-electron chi connectivity index (χ4n) is 1.35. The number of cyclic esters (lactones) is 1. The van der Waals surface area contributed by atoms with Crippen molar-refractivity contribution in [3.8, 4) is 0 Å². The number of anilines is 1. The van der Waals surface area contributed by atoms with Crippen LogP contribution in [0.3, 0.4) is 0 Å². The lowest BCUT2D eigenvalue weighted by atomic mass is 10.3. The molecule has 0 radical (unpaired) electrons. The zero-order valence-corrected chi connectivity index (χ0v) is 10.6. The van der Waals surface area contributed by atoms with Gasteiger partial charge in [-0.15, -0.1) is 0 Å². The van der Waals surface area contributed by atoms with E-state index in [9.17, 15) is 9.59 Å². The molecule has 18 heavy (non-hydrogen) atoms.